The van der Waals surface area contributed by atoms with E-state index >= 15 is 0 Å². The Morgan fingerprint density at radius 3 is 2.47 bits per heavy atom. The van der Waals surface area contributed by atoms with Crippen LogP contribution in [0.25, 0.3) is 0 Å². The summed E-state index contributed by atoms with van der Waals surface area (Å²) < 4.78 is 4.92. The molecule has 1 aromatic carbocycles. The lowest BCUT2D eigenvalue weighted by Crippen LogP contribution is -2.35. The van der Waals surface area contributed by atoms with Crippen LogP contribution in [0, 0.1) is 0 Å². The summed E-state index contributed by atoms with van der Waals surface area (Å²) in [6, 6.07) is 7.37. The fourth-order valence-electron chi connectivity index (χ4n) is 1.40. The van der Waals surface area contributed by atoms with Crippen LogP contribution in [0.15, 0.2) is 24.3 Å². The van der Waals surface area contributed by atoms with Crippen LogP contribution < -0.4 is 10.6 Å². The molecule has 19 heavy (non-hydrogen) atoms. The number of carbonyl (C=O) groups excluding carboxylic acids is 1. The van der Waals surface area contributed by atoms with Crippen molar-refractivity contribution >= 4 is 29.0 Å². The largest absolute Gasteiger partial charge is 0.462 e. The van der Waals surface area contributed by atoms with Gasteiger partial charge in [-0.1, -0.05) is 6.92 Å². The van der Waals surface area contributed by atoms with E-state index in [-0.39, 0.29) is 5.97 Å². The van der Waals surface area contributed by atoms with Crippen LogP contribution in [0.4, 0.5) is 5.69 Å². The molecule has 0 radical (unpaired) electrons. The fourth-order valence-corrected chi connectivity index (χ4v) is 1.72. The topological polar surface area (TPSA) is 50.4 Å². The van der Waals surface area contributed by atoms with Gasteiger partial charge in [-0.15, -0.1) is 0 Å². The van der Waals surface area contributed by atoms with Crippen LogP contribution in [0.5, 0.6) is 0 Å². The molecular formula is C14H20N2O2S. The molecule has 0 aliphatic heterocycles. The van der Waals surface area contributed by atoms with Gasteiger partial charge in [0.15, 0.2) is 5.11 Å². The number of benzene rings is 1. The molecule has 0 aliphatic carbocycles. The first-order chi connectivity index (χ1) is 9.06. The third-order valence-electron chi connectivity index (χ3n) is 2.64. The number of nitrogens with one attached hydrogen (secondary N) is 2. The van der Waals surface area contributed by atoms with E-state index in [1.54, 1.807) is 31.2 Å². The Balaban J connectivity index is 2.57. The molecule has 1 aromatic rings. The molecule has 1 rings (SSSR count). The van der Waals surface area contributed by atoms with Crippen LogP contribution >= 0.6 is 12.2 Å². The predicted octanol–water partition coefficient (Wildman–Crippen LogP) is 2.95. The molecule has 2 N–H and O–H groups in total. The first kappa shape index (κ1) is 15.4. The molecule has 0 saturated heterocycles. The maximum Gasteiger partial charge on any atom is 0.338 e. The molecule has 0 bridgehead atoms. The second kappa shape index (κ2) is 7.74. The lowest BCUT2D eigenvalue weighted by molar-refractivity contribution is 0.0526. The minimum absolute atomic E-state index is 0.311. The maximum absolute atomic E-state index is 11.5. The van der Waals surface area contributed by atoms with Crippen molar-refractivity contribution in [3.63, 3.8) is 0 Å². The minimum Gasteiger partial charge on any atom is -0.462 e. The summed E-state index contributed by atoms with van der Waals surface area (Å²) in [6.07, 6.45) is 1.00. The summed E-state index contributed by atoms with van der Waals surface area (Å²) in [5.74, 6) is -0.311. The van der Waals surface area contributed by atoms with Gasteiger partial charge in [0.25, 0.3) is 0 Å². The highest BCUT2D eigenvalue weighted by molar-refractivity contribution is 7.80. The van der Waals surface area contributed by atoms with Gasteiger partial charge < -0.3 is 15.4 Å². The molecule has 0 aliphatic rings. The molecule has 104 valence electrons. The summed E-state index contributed by atoms with van der Waals surface area (Å²) in [5, 5.41) is 6.82. The van der Waals surface area contributed by atoms with Gasteiger partial charge in [-0.3, -0.25) is 0 Å². The monoisotopic (exact) mass is 280 g/mol. The molecule has 0 saturated carbocycles. The quantitative estimate of drug-likeness (QED) is 0.641. The van der Waals surface area contributed by atoms with Crippen molar-refractivity contribution in [2.45, 2.75) is 33.2 Å². The van der Waals surface area contributed by atoms with Crippen molar-refractivity contribution in [1.29, 1.82) is 0 Å². The van der Waals surface area contributed by atoms with Gasteiger partial charge in [0.1, 0.15) is 0 Å². The Morgan fingerprint density at radius 1 is 1.32 bits per heavy atom. The minimum atomic E-state index is -0.311. The molecule has 0 amide bonds. The second-order valence-corrected chi connectivity index (χ2v) is 4.61. The van der Waals surface area contributed by atoms with Crippen molar-refractivity contribution in [3.8, 4) is 0 Å². The van der Waals surface area contributed by atoms with Crippen molar-refractivity contribution in [2.24, 2.45) is 0 Å². The number of hydrogen-bond acceptors (Lipinski definition) is 3. The van der Waals surface area contributed by atoms with Crippen LogP contribution in [-0.2, 0) is 4.74 Å². The smallest absolute Gasteiger partial charge is 0.338 e. The molecule has 0 heterocycles. The Morgan fingerprint density at radius 2 is 1.95 bits per heavy atom. The normalized spacial score (nSPS) is 11.5. The molecule has 5 heteroatoms. The molecule has 0 aromatic heterocycles. The lowest BCUT2D eigenvalue weighted by atomic mass is 10.2. The van der Waals surface area contributed by atoms with E-state index in [9.17, 15) is 4.79 Å². The standard InChI is InChI=1S/C14H20N2O2S/c1-4-10(3)15-14(19)16-12-8-6-11(7-9-12)13(17)18-5-2/h6-10H,4-5H2,1-3H3,(H2,15,16,19)/t10-/m1/s1. The van der Waals surface area contributed by atoms with Crippen LogP contribution in [0.2, 0.25) is 0 Å². The molecular weight excluding hydrogens is 260 g/mol. The van der Waals surface area contributed by atoms with Crippen LogP contribution in [0.3, 0.4) is 0 Å². The van der Waals surface area contributed by atoms with Crippen molar-refractivity contribution in [1.82, 2.24) is 5.32 Å². The third kappa shape index (κ3) is 5.26. The Hall–Kier alpha value is -1.62. The van der Waals surface area contributed by atoms with E-state index < -0.39 is 0 Å². The number of thiocarbonyl (C=S) groups is 1. The van der Waals surface area contributed by atoms with Crippen LogP contribution in [0.1, 0.15) is 37.6 Å². The summed E-state index contributed by atoms with van der Waals surface area (Å²) in [7, 11) is 0. The van der Waals surface area contributed by atoms with Gasteiger partial charge in [0, 0.05) is 11.7 Å². The van der Waals surface area contributed by atoms with E-state index in [0.29, 0.717) is 23.3 Å². The zero-order chi connectivity index (χ0) is 14.3. The highest BCUT2D eigenvalue weighted by Gasteiger charge is 2.06. The van der Waals surface area contributed by atoms with Gasteiger partial charge in [-0.05, 0) is 56.8 Å². The summed E-state index contributed by atoms with van der Waals surface area (Å²) >= 11 is 5.19. The van der Waals surface area contributed by atoms with Gasteiger partial charge in [-0.2, -0.15) is 0 Å². The van der Waals surface area contributed by atoms with E-state index in [2.05, 4.69) is 24.5 Å². The van der Waals surface area contributed by atoms with Crippen molar-refractivity contribution in [2.75, 3.05) is 11.9 Å². The van der Waals surface area contributed by atoms with Gasteiger partial charge in [0.2, 0.25) is 0 Å². The van der Waals surface area contributed by atoms with E-state index in [1.807, 2.05) is 0 Å². The van der Waals surface area contributed by atoms with E-state index in [0.717, 1.165) is 12.1 Å². The Labute approximate surface area is 119 Å². The number of hydrogen-bond donors (Lipinski definition) is 2. The molecule has 0 spiro atoms. The van der Waals surface area contributed by atoms with Crippen molar-refractivity contribution < 1.29 is 9.53 Å². The van der Waals surface area contributed by atoms with Gasteiger partial charge >= 0.3 is 5.97 Å². The first-order valence-corrected chi connectivity index (χ1v) is 6.82. The van der Waals surface area contributed by atoms with E-state index in [4.69, 9.17) is 17.0 Å². The SMILES string of the molecule is CCOC(=O)c1ccc(NC(=S)N[C@H](C)CC)cc1. The highest BCUT2D eigenvalue weighted by Crippen LogP contribution is 2.10. The molecule has 4 nitrogen and oxygen atoms in total. The van der Waals surface area contributed by atoms with Crippen LogP contribution in [-0.4, -0.2) is 23.7 Å². The molecule has 0 fully saturated rings. The van der Waals surface area contributed by atoms with Gasteiger partial charge in [0.05, 0.1) is 12.2 Å². The summed E-state index contributed by atoms with van der Waals surface area (Å²) in [4.78, 5) is 11.5. The Bertz CT molecular complexity index is 432. The van der Waals surface area contributed by atoms with Crippen molar-refractivity contribution in [3.05, 3.63) is 29.8 Å². The number of ether oxygens (including phenoxy) is 1. The Kier molecular flexibility index (Phi) is 6.29. The number of anilines is 1. The highest BCUT2D eigenvalue weighted by atomic mass is 32.1. The van der Waals surface area contributed by atoms with E-state index in [1.165, 1.54) is 0 Å². The summed E-state index contributed by atoms with van der Waals surface area (Å²) in [5.41, 5.74) is 1.38. The zero-order valence-corrected chi connectivity index (χ0v) is 12.3. The average Bonchev–Trinajstić information content (AvgIpc) is 2.39. The number of carbonyl (C=O) groups is 1. The van der Waals surface area contributed by atoms with Gasteiger partial charge in [-0.25, -0.2) is 4.79 Å². The lowest BCUT2D eigenvalue weighted by Gasteiger charge is -2.15. The number of esters is 1. The maximum atomic E-state index is 11.5. The molecule has 1 atom stereocenters. The first-order valence-electron chi connectivity index (χ1n) is 6.41. The predicted molar refractivity (Wildman–Crippen MR) is 81.5 cm³/mol. The molecule has 0 unspecified atom stereocenters. The number of rotatable bonds is 5. The third-order valence-corrected chi connectivity index (χ3v) is 2.86. The average molecular weight is 280 g/mol. The zero-order valence-electron chi connectivity index (χ0n) is 11.5. The fraction of sp³-hybridized carbons (Fsp3) is 0.429. The second-order valence-electron chi connectivity index (χ2n) is 4.21. The summed E-state index contributed by atoms with van der Waals surface area (Å²) in [6.45, 7) is 6.32.